The third-order valence-corrected chi connectivity index (χ3v) is 4.77. The molecule has 0 aliphatic rings. The minimum atomic E-state index is -0.258. The molecular formula is C21H16FN5. The van der Waals surface area contributed by atoms with Gasteiger partial charge in [-0.05, 0) is 48.9 Å². The summed E-state index contributed by atoms with van der Waals surface area (Å²) in [6.07, 6.45) is 5.61. The maximum Gasteiger partial charge on any atom is 0.123 e. The van der Waals surface area contributed by atoms with E-state index in [0.29, 0.717) is 0 Å². The third-order valence-electron chi connectivity index (χ3n) is 4.77. The van der Waals surface area contributed by atoms with Crippen LogP contribution in [-0.4, -0.2) is 24.3 Å². The van der Waals surface area contributed by atoms with Crippen molar-refractivity contribution < 1.29 is 4.39 Å². The molecule has 0 fully saturated rings. The molecule has 5 nitrogen and oxygen atoms in total. The van der Waals surface area contributed by atoms with Crippen molar-refractivity contribution in [2.24, 2.45) is 7.05 Å². The lowest BCUT2D eigenvalue weighted by molar-refractivity contribution is 0.627. The molecule has 0 aliphatic carbocycles. The van der Waals surface area contributed by atoms with Gasteiger partial charge in [-0.3, -0.25) is 14.2 Å². The highest BCUT2D eigenvalue weighted by Crippen LogP contribution is 2.31. The van der Waals surface area contributed by atoms with Crippen molar-refractivity contribution in [1.29, 1.82) is 0 Å². The Morgan fingerprint density at radius 2 is 1.74 bits per heavy atom. The van der Waals surface area contributed by atoms with E-state index in [-0.39, 0.29) is 5.82 Å². The molecule has 0 N–H and O–H groups in total. The zero-order chi connectivity index (χ0) is 18.5. The van der Waals surface area contributed by atoms with Crippen LogP contribution in [0, 0.1) is 12.7 Å². The van der Waals surface area contributed by atoms with Crippen LogP contribution in [0.25, 0.3) is 38.8 Å². The molecule has 27 heavy (non-hydrogen) atoms. The molecule has 0 aliphatic heterocycles. The molecule has 0 saturated heterocycles. The Hall–Kier alpha value is -3.54. The number of nitrogens with zero attached hydrogens (tertiary/aromatic N) is 5. The first kappa shape index (κ1) is 15.7. The lowest BCUT2D eigenvalue weighted by Gasteiger charge is -2.09. The van der Waals surface area contributed by atoms with Gasteiger partial charge in [0.1, 0.15) is 17.2 Å². The molecular weight excluding hydrogens is 341 g/mol. The van der Waals surface area contributed by atoms with Crippen LogP contribution in [-0.2, 0) is 7.05 Å². The van der Waals surface area contributed by atoms with Crippen molar-refractivity contribution in [2.75, 3.05) is 0 Å². The molecule has 0 bridgehead atoms. The van der Waals surface area contributed by atoms with Gasteiger partial charge in [0.05, 0.1) is 23.4 Å². The van der Waals surface area contributed by atoms with Gasteiger partial charge >= 0.3 is 0 Å². The standard InChI is InChI=1S/C21H16FN5/c1-13-25-20-11-23-19-8-3-14(15-10-24-26(2)12-15)9-18(19)21(20)27(13)17-6-4-16(22)5-7-17/h3-12H,1-2H3. The van der Waals surface area contributed by atoms with Crippen molar-refractivity contribution in [1.82, 2.24) is 24.3 Å². The van der Waals surface area contributed by atoms with Gasteiger partial charge < -0.3 is 0 Å². The first-order valence-electron chi connectivity index (χ1n) is 8.63. The van der Waals surface area contributed by atoms with Crippen LogP contribution in [0.15, 0.2) is 61.1 Å². The lowest BCUT2D eigenvalue weighted by Crippen LogP contribution is -1.97. The van der Waals surface area contributed by atoms with Gasteiger partial charge in [0, 0.05) is 29.9 Å². The maximum absolute atomic E-state index is 13.4. The predicted molar refractivity (Wildman–Crippen MR) is 103 cm³/mol. The van der Waals surface area contributed by atoms with E-state index in [4.69, 9.17) is 0 Å². The minimum absolute atomic E-state index is 0.258. The number of imidazole rings is 1. The van der Waals surface area contributed by atoms with Crippen molar-refractivity contribution in [3.8, 4) is 16.8 Å². The fourth-order valence-corrected chi connectivity index (χ4v) is 3.53. The van der Waals surface area contributed by atoms with Gasteiger partial charge in [-0.25, -0.2) is 9.37 Å². The van der Waals surface area contributed by atoms with E-state index in [1.165, 1.54) is 12.1 Å². The van der Waals surface area contributed by atoms with E-state index in [9.17, 15) is 4.39 Å². The zero-order valence-electron chi connectivity index (χ0n) is 14.9. The van der Waals surface area contributed by atoms with Crippen molar-refractivity contribution in [3.05, 3.63) is 72.7 Å². The molecule has 0 saturated carbocycles. The van der Waals surface area contributed by atoms with Crippen LogP contribution in [0.2, 0.25) is 0 Å². The SMILES string of the molecule is Cc1nc2cnc3ccc(-c4cnn(C)c4)cc3c2n1-c1ccc(F)cc1. The third kappa shape index (κ3) is 2.49. The van der Waals surface area contributed by atoms with Crippen LogP contribution < -0.4 is 0 Å². The molecule has 0 spiro atoms. The second-order valence-electron chi connectivity index (χ2n) is 6.60. The van der Waals surface area contributed by atoms with Gasteiger partial charge in [-0.2, -0.15) is 5.10 Å². The lowest BCUT2D eigenvalue weighted by atomic mass is 10.1. The smallest absolute Gasteiger partial charge is 0.123 e. The molecule has 3 heterocycles. The summed E-state index contributed by atoms with van der Waals surface area (Å²) in [5.74, 6) is 0.573. The summed E-state index contributed by atoms with van der Waals surface area (Å²) in [4.78, 5) is 9.21. The molecule has 6 heteroatoms. The highest BCUT2D eigenvalue weighted by molar-refractivity contribution is 6.04. The monoisotopic (exact) mass is 357 g/mol. The number of aromatic nitrogens is 5. The van der Waals surface area contributed by atoms with Gasteiger partial charge in [0.15, 0.2) is 0 Å². The van der Waals surface area contributed by atoms with Crippen LogP contribution in [0.3, 0.4) is 0 Å². The van der Waals surface area contributed by atoms with Crippen LogP contribution in [0.1, 0.15) is 5.82 Å². The summed E-state index contributed by atoms with van der Waals surface area (Å²) in [5, 5.41) is 5.26. The minimum Gasteiger partial charge on any atom is -0.296 e. The predicted octanol–water partition coefficient (Wildman–Crippen LogP) is 4.42. The molecule has 0 atom stereocenters. The number of rotatable bonds is 2. The number of pyridine rings is 1. The molecule has 0 amide bonds. The van der Waals surface area contributed by atoms with E-state index in [1.54, 1.807) is 23.0 Å². The Labute approximate surface area is 154 Å². The molecule has 132 valence electrons. The highest BCUT2D eigenvalue weighted by atomic mass is 19.1. The number of benzene rings is 2. The molecule has 2 aromatic carbocycles. The van der Waals surface area contributed by atoms with Crippen LogP contribution >= 0.6 is 0 Å². The molecule has 5 rings (SSSR count). The summed E-state index contributed by atoms with van der Waals surface area (Å²) < 4.78 is 17.2. The summed E-state index contributed by atoms with van der Waals surface area (Å²) >= 11 is 0. The van der Waals surface area contributed by atoms with Gasteiger partial charge in [0.25, 0.3) is 0 Å². The molecule has 0 unspecified atom stereocenters. The van der Waals surface area contributed by atoms with E-state index < -0.39 is 0 Å². The normalized spacial score (nSPS) is 11.5. The number of fused-ring (bicyclic) bond motifs is 3. The quantitative estimate of drug-likeness (QED) is 0.470. The van der Waals surface area contributed by atoms with Gasteiger partial charge in [0.2, 0.25) is 0 Å². The van der Waals surface area contributed by atoms with Gasteiger partial charge in [-0.15, -0.1) is 0 Å². The second-order valence-corrected chi connectivity index (χ2v) is 6.60. The number of hydrogen-bond donors (Lipinski definition) is 0. The second kappa shape index (κ2) is 5.74. The van der Waals surface area contributed by atoms with E-state index >= 15 is 0 Å². The summed E-state index contributed by atoms with van der Waals surface area (Å²) in [6, 6.07) is 12.6. The average molecular weight is 357 g/mol. The number of aryl methyl sites for hydroxylation is 2. The molecule has 5 aromatic rings. The Morgan fingerprint density at radius 1 is 0.926 bits per heavy atom. The number of halogens is 1. The average Bonchev–Trinajstić information content (AvgIpc) is 3.25. The fraction of sp³-hybridized carbons (Fsp3) is 0.0952. The van der Waals surface area contributed by atoms with Crippen LogP contribution in [0.5, 0.6) is 0 Å². The first-order chi connectivity index (χ1) is 13.1. The fourth-order valence-electron chi connectivity index (χ4n) is 3.53. The molecule has 0 radical (unpaired) electrons. The topological polar surface area (TPSA) is 48.5 Å². The highest BCUT2D eigenvalue weighted by Gasteiger charge is 2.14. The summed E-state index contributed by atoms with van der Waals surface area (Å²) in [7, 11) is 1.90. The molecule has 3 aromatic heterocycles. The maximum atomic E-state index is 13.4. The van der Waals surface area contributed by atoms with Crippen molar-refractivity contribution in [3.63, 3.8) is 0 Å². The zero-order valence-corrected chi connectivity index (χ0v) is 14.9. The largest absolute Gasteiger partial charge is 0.296 e. The summed E-state index contributed by atoms with van der Waals surface area (Å²) in [5.41, 5.74) is 5.65. The van der Waals surface area contributed by atoms with Crippen molar-refractivity contribution in [2.45, 2.75) is 6.92 Å². The Balaban J connectivity index is 1.83. The number of hydrogen-bond acceptors (Lipinski definition) is 3. The summed E-state index contributed by atoms with van der Waals surface area (Å²) in [6.45, 7) is 1.94. The Bertz CT molecular complexity index is 1300. The van der Waals surface area contributed by atoms with E-state index in [1.807, 2.05) is 43.1 Å². The van der Waals surface area contributed by atoms with E-state index in [2.05, 4.69) is 21.1 Å². The Kier molecular flexibility index (Phi) is 3.33. The van der Waals surface area contributed by atoms with Crippen LogP contribution in [0.4, 0.5) is 4.39 Å². The van der Waals surface area contributed by atoms with Gasteiger partial charge in [-0.1, -0.05) is 6.07 Å². The van der Waals surface area contributed by atoms with E-state index in [0.717, 1.165) is 44.6 Å². The van der Waals surface area contributed by atoms with Crippen molar-refractivity contribution >= 4 is 21.9 Å². The first-order valence-corrected chi connectivity index (χ1v) is 8.63. The Morgan fingerprint density at radius 3 is 2.48 bits per heavy atom.